The Labute approximate surface area is 235 Å². The molecule has 0 aromatic carbocycles. The Kier molecular flexibility index (Phi) is 18.1. The summed E-state index contributed by atoms with van der Waals surface area (Å²) in [7, 11) is 1.45. The Morgan fingerprint density at radius 2 is 1.69 bits per heavy atom. The fraction of sp³-hybridized carbons (Fsp3) is 0.857. The standard InChI is InChI=1S/C28H52NO9P/c1-6-7-8-9-11-14-17-26-27(38-26)18-15-12-10-13-16-19-28(31)34-22-25(37-24(2)30)23-36-39(32,33)35-21-20-29(3,4)5/h11,14,25-27H,6-10,12-13,15-23H2,1-5H3/p+1/b14-11-/t25-,26?,27?/m1/s1. The maximum atomic E-state index is 12.1. The van der Waals surface area contributed by atoms with Crippen molar-refractivity contribution in [3.8, 4) is 0 Å². The molecular weight excluding hydrogens is 525 g/mol. The van der Waals surface area contributed by atoms with Gasteiger partial charge in [0.25, 0.3) is 0 Å². The molecule has 0 amide bonds. The molecule has 0 spiro atoms. The summed E-state index contributed by atoms with van der Waals surface area (Å²) in [6.45, 7) is 3.27. The Balaban J connectivity index is 2.11. The summed E-state index contributed by atoms with van der Waals surface area (Å²) in [5.74, 6) is -1.02. The fourth-order valence-electron chi connectivity index (χ4n) is 3.90. The molecule has 1 N–H and O–H groups in total. The summed E-state index contributed by atoms with van der Waals surface area (Å²) in [6, 6.07) is 0. The van der Waals surface area contributed by atoms with Crippen molar-refractivity contribution < 1.29 is 46.8 Å². The van der Waals surface area contributed by atoms with E-state index in [-0.39, 0.29) is 19.6 Å². The van der Waals surface area contributed by atoms with E-state index in [1.165, 1.54) is 32.6 Å². The number of quaternary nitrogens is 1. The molecule has 0 saturated carbocycles. The molecule has 11 heteroatoms. The number of esters is 2. The first kappa shape index (κ1) is 35.7. The van der Waals surface area contributed by atoms with Crippen LogP contribution in [0.3, 0.4) is 0 Å². The van der Waals surface area contributed by atoms with E-state index in [9.17, 15) is 19.0 Å². The van der Waals surface area contributed by atoms with Crippen molar-refractivity contribution in [1.29, 1.82) is 0 Å². The lowest BCUT2D eigenvalue weighted by atomic mass is 10.1. The maximum Gasteiger partial charge on any atom is 0.472 e. The van der Waals surface area contributed by atoms with Crippen molar-refractivity contribution >= 4 is 19.8 Å². The zero-order chi connectivity index (χ0) is 29.2. The van der Waals surface area contributed by atoms with Crippen LogP contribution in [0, 0.1) is 0 Å². The third-order valence-electron chi connectivity index (χ3n) is 6.27. The Hall–Kier alpha value is -1.29. The van der Waals surface area contributed by atoms with Crippen LogP contribution < -0.4 is 0 Å². The second-order valence-electron chi connectivity index (χ2n) is 11.2. The molecule has 0 aromatic heterocycles. The van der Waals surface area contributed by atoms with Crippen LogP contribution in [0.2, 0.25) is 0 Å². The van der Waals surface area contributed by atoms with Gasteiger partial charge >= 0.3 is 19.8 Å². The third kappa shape index (κ3) is 21.2. The molecule has 3 unspecified atom stereocenters. The van der Waals surface area contributed by atoms with Crippen molar-refractivity contribution in [2.24, 2.45) is 0 Å². The van der Waals surface area contributed by atoms with Crippen molar-refractivity contribution in [1.82, 2.24) is 0 Å². The van der Waals surface area contributed by atoms with Gasteiger partial charge in [0, 0.05) is 13.3 Å². The molecule has 1 aliphatic heterocycles. The van der Waals surface area contributed by atoms with Crippen LogP contribution in [-0.2, 0) is 37.4 Å². The maximum absolute atomic E-state index is 12.1. The number of likely N-dealkylation sites (N-methyl/N-ethyl adjacent to an activating group) is 1. The van der Waals surface area contributed by atoms with E-state index in [0.29, 0.717) is 29.7 Å². The van der Waals surface area contributed by atoms with Gasteiger partial charge in [0.1, 0.15) is 19.8 Å². The van der Waals surface area contributed by atoms with E-state index in [4.69, 9.17) is 23.3 Å². The summed E-state index contributed by atoms with van der Waals surface area (Å²) in [5, 5.41) is 0. The summed E-state index contributed by atoms with van der Waals surface area (Å²) in [4.78, 5) is 33.3. The summed E-state index contributed by atoms with van der Waals surface area (Å²) < 4.78 is 38.5. The Morgan fingerprint density at radius 3 is 2.38 bits per heavy atom. The lowest BCUT2D eigenvalue weighted by Crippen LogP contribution is -2.37. The van der Waals surface area contributed by atoms with E-state index in [2.05, 4.69) is 19.1 Å². The smallest absolute Gasteiger partial charge is 0.462 e. The highest BCUT2D eigenvalue weighted by Crippen LogP contribution is 2.43. The van der Waals surface area contributed by atoms with Gasteiger partial charge in [-0.05, 0) is 32.1 Å². The predicted molar refractivity (Wildman–Crippen MR) is 150 cm³/mol. The van der Waals surface area contributed by atoms with Gasteiger partial charge in [-0.2, -0.15) is 0 Å². The van der Waals surface area contributed by atoms with E-state index in [0.717, 1.165) is 38.5 Å². The minimum absolute atomic E-state index is 0.0240. The van der Waals surface area contributed by atoms with Crippen molar-refractivity contribution in [2.75, 3.05) is 47.5 Å². The van der Waals surface area contributed by atoms with E-state index in [1.54, 1.807) is 0 Å². The van der Waals surface area contributed by atoms with Crippen LogP contribution in [0.1, 0.15) is 90.9 Å². The fourth-order valence-corrected chi connectivity index (χ4v) is 4.64. The van der Waals surface area contributed by atoms with Gasteiger partial charge in [-0.1, -0.05) is 57.6 Å². The highest BCUT2D eigenvalue weighted by molar-refractivity contribution is 7.47. The van der Waals surface area contributed by atoms with Crippen LogP contribution in [0.4, 0.5) is 0 Å². The third-order valence-corrected chi connectivity index (χ3v) is 7.25. The SMILES string of the molecule is CCCCC/C=C\CC1OC1CCCCCCCC(=O)OC[C@H](COP(=O)(O)OCC[N+](C)(C)C)OC(C)=O. The summed E-state index contributed by atoms with van der Waals surface area (Å²) in [6.07, 6.45) is 16.6. The van der Waals surface area contributed by atoms with Gasteiger partial charge in [0.15, 0.2) is 6.10 Å². The van der Waals surface area contributed by atoms with Crippen LogP contribution in [0.5, 0.6) is 0 Å². The molecule has 1 rings (SSSR count). The van der Waals surface area contributed by atoms with Gasteiger partial charge in [0.2, 0.25) is 0 Å². The molecular formula is C28H53NO9P+. The molecule has 1 heterocycles. The number of phosphoric acid groups is 1. The number of ether oxygens (including phenoxy) is 3. The van der Waals surface area contributed by atoms with Gasteiger partial charge < -0.3 is 23.6 Å². The summed E-state index contributed by atoms with van der Waals surface area (Å²) >= 11 is 0. The Morgan fingerprint density at radius 1 is 0.974 bits per heavy atom. The van der Waals surface area contributed by atoms with Crippen LogP contribution in [0.25, 0.3) is 0 Å². The first-order valence-electron chi connectivity index (χ1n) is 14.5. The Bertz CT molecular complexity index is 769. The average Bonchev–Trinajstić information content (AvgIpc) is 3.59. The number of allylic oxidation sites excluding steroid dienone is 1. The highest BCUT2D eigenvalue weighted by Gasteiger charge is 2.36. The lowest BCUT2D eigenvalue weighted by molar-refractivity contribution is -0.870. The molecule has 0 radical (unpaired) electrons. The second-order valence-corrected chi connectivity index (χ2v) is 12.7. The normalized spacial score (nSPS) is 19.5. The van der Waals surface area contributed by atoms with Gasteiger partial charge in [-0.3, -0.25) is 18.6 Å². The molecule has 1 saturated heterocycles. The summed E-state index contributed by atoms with van der Waals surface area (Å²) in [5.41, 5.74) is 0. The first-order valence-corrected chi connectivity index (χ1v) is 16.0. The lowest BCUT2D eigenvalue weighted by Gasteiger charge is -2.24. The quantitative estimate of drug-likeness (QED) is 0.0405. The molecule has 1 fully saturated rings. The minimum atomic E-state index is -4.32. The number of carbonyl (C=O) groups is 2. The number of unbranched alkanes of at least 4 members (excludes halogenated alkanes) is 7. The predicted octanol–water partition coefficient (Wildman–Crippen LogP) is 5.33. The zero-order valence-corrected chi connectivity index (χ0v) is 25.7. The second kappa shape index (κ2) is 19.7. The van der Waals surface area contributed by atoms with E-state index < -0.39 is 32.5 Å². The molecule has 0 aliphatic carbocycles. The number of hydrogen-bond acceptors (Lipinski definition) is 8. The van der Waals surface area contributed by atoms with E-state index >= 15 is 0 Å². The van der Waals surface area contributed by atoms with Crippen molar-refractivity contribution in [2.45, 2.75) is 109 Å². The highest BCUT2D eigenvalue weighted by atomic mass is 31.2. The van der Waals surface area contributed by atoms with Crippen LogP contribution in [-0.4, -0.2) is 87.1 Å². The van der Waals surface area contributed by atoms with Crippen LogP contribution in [0.15, 0.2) is 12.2 Å². The minimum Gasteiger partial charge on any atom is -0.462 e. The number of carbonyl (C=O) groups excluding carboxylic acids is 2. The molecule has 0 bridgehead atoms. The number of nitrogens with zero attached hydrogens (tertiary/aromatic N) is 1. The first-order chi connectivity index (χ1) is 18.4. The van der Waals surface area contributed by atoms with E-state index in [1.807, 2.05) is 21.1 Å². The molecule has 39 heavy (non-hydrogen) atoms. The zero-order valence-electron chi connectivity index (χ0n) is 24.8. The van der Waals surface area contributed by atoms with Crippen molar-refractivity contribution in [3.05, 3.63) is 12.2 Å². The molecule has 0 aromatic rings. The molecule has 4 atom stereocenters. The topological polar surface area (TPSA) is 121 Å². The number of phosphoric ester groups is 1. The monoisotopic (exact) mass is 578 g/mol. The average molecular weight is 579 g/mol. The van der Waals surface area contributed by atoms with Gasteiger partial charge in [0.05, 0.1) is 40.0 Å². The number of hydrogen-bond donors (Lipinski definition) is 1. The van der Waals surface area contributed by atoms with Crippen LogP contribution >= 0.6 is 7.82 Å². The largest absolute Gasteiger partial charge is 0.472 e. The van der Waals surface area contributed by atoms with Gasteiger partial charge in [-0.25, -0.2) is 4.57 Å². The molecule has 10 nitrogen and oxygen atoms in total. The number of epoxide rings is 1. The number of rotatable bonds is 24. The van der Waals surface area contributed by atoms with Gasteiger partial charge in [-0.15, -0.1) is 0 Å². The molecule has 228 valence electrons. The van der Waals surface area contributed by atoms with Crippen molar-refractivity contribution in [3.63, 3.8) is 0 Å². The molecule has 1 aliphatic rings.